The minimum absolute atomic E-state index is 0.566. The lowest BCUT2D eigenvalue weighted by Crippen LogP contribution is -1.99. The summed E-state index contributed by atoms with van der Waals surface area (Å²) in [7, 11) is 0. The molecule has 0 aliphatic carbocycles. The lowest BCUT2D eigenvalue weighted by Gasteiger charge is -2.16. The van der Waals surface area contributed by atoms with E-state index in [4.69, 9.17) is 0 Å². The zero-order valence-corrected chi connectivity index (χ0v) is 26.9. The maximum atomic E-state index is 4.25. The van der Waals surface area contributed by atoms with E-state index >= 15 is 0 Å². The van der Waals surface area contributed by atoms with Gasteiger partial charge in [0.05, 0.1) is 34.3 Å². The lowest BCUT2D eigenvalue weighted by atomic mass is 9.98. The van der Waals surface area contributed by atoms with Gasteiger partial charge in [-0.1, -0.05) is 97.1 Å². The first kappa shape index (κ1) is 27.2. The number of hydrogen-bond acceptors (Lipinski definition) is 2. The Hall–Kier alpha value is -5.97. The van der Waals surface area contributed by atoms with Crippen LogP contribution in [0.5, 0.6) is 0 Å². The summed E-state index contributed by atoms with van der Waals surface area (Å²) in [6.45, 7) is 4.37. The molecule has 48 heavy (non-hydrogen) atoms. The summed E-state index contributed by atoms with van der Waals surface area (Å²) in [4.78, 5) is 4.25. The van der Waals surface area contributed by atoms with Crippen molar-refractivity contribution in [1.29, 1.82) is 0 Å². The lowest BCUT2D eigenvalue weighted by molar-refractivity contribution is 1.08. The standard InChI is InChI=1S/C44H29N3S/c1-45-27-28-19-23-39(47-37-16-8-5-13-31(37)32-14-6-9-17-38(32)47)36(25-28)29-20-21-35-41(26-29)46(30-11-3-2-4-12-30)40-24-22-34-33-15-7-10-18-42(33)48-44(34)43(35)40/h2-26H,1,27H2. The topological polar surface area (TPSA) is 22.2 Å². The van der Waals surface area contributed by atoms with Crippen LogP contribution in [0.1, 0.15) is 5.56 Å². The summed E-state index contributed by atoms with van der Waals surface area (Å²) in [6, 6.07) is 55.3. The van der Waals surface area contributed by atoms with E-state index in [2.05, 4.69) is 173 Å². The fourth-order valence-electron chi connectivity index (χ4n) is 7.72. The van der Waals surface area contributed by atoms with Crippen LogP contribution in [0.3, 0.4) is 0 Å². The maximum absolute atomic E-state index is 4.25. The van der Waals surface area contributed by atoms with Gasteiger partial charge in [-0.3, -0.25) is 4.99 Å². The van der Waals surface area contributed by atoms with Crippen LogP contribution in [0.15, 0.2) is 157 Å². The largest absolute Gasteiger partial charge is 0.309 e. The van der Waals surface area contributed by atoms with Gasteiger partial charge in [0, 0.05) is 53.0 Å². The molecule has 0 bridgehead atoms. The van der Waals surface area contributed by atoms with Crippen molar-refractivity contribution in [2.24, 2.45) is 4.99 Å². The average Bonchev–Trinajstić information content (AvgIpc) is 3.79. The second kappa shape index (κ2) is 10.5. The molecule has 3 nitrogen and oxygen atoms in total. The first-order valence-corrected chi connectivity index (χ1v) is 17.1. The number of thiophene rings is 1. The van der Waals surface area contributed by atoms with E-state index in [-0.39, 0.29) is 0 Å². The van der Waals surface area contributed by atoms with Gasteiger partial charge in [-0.15, -0.1) is 11.3 Å². The molecule has 0 aliphatic heterocycles. The molecule has 10 aromatic rings. The predicted molar refractivity (Wildman–Crippen MR) is 207 cm³/mol. The van der Waals surface area contributed by atoms with Crippen LogP contribution in [-0.2, 0) is 6.54 Å². The number of aromatic nitrogens is 2. The fraction of sp³-hybridized carbons (Fsp3) is 0.0227. The van der Waals surface area contributed by atoms with Crippen molar-refractivity contribution < 1.29 is 0 Å². The van der Waals surface area contributed by atoms with Crippen LogP contribution in [0.25, 0.3) is 86.3 Å². The number of nitrogens with zero attached hydrogens (tertiary/aromatic N) is 3. The van der Waals surface area contributed by atoms with Crippen molar-refractivity contribution in [3.63, 3.8) is 0 Å². The van der Waals surface area contributed by atoms with Crippen LogP contribution in [-0.4, -0.2) is 15.9 Å². The molecular formula is C44H29N3S. The monoisotopic (exact) mass is 631 g/mol. The van der Waals surface area contributed by atoms with E-state index in [9.17, 15) is 0 Å². The number of fused-ring (bicyclic) bond motifs is 10. The zero-order valence-electron chi connectivity index (χ0n) is 26.1. The van der Waals surface area contributed by atoms with Gasteiger partial charge in [-0.25, -0.2) is 0 Å². The van der Waals surface area contributed by atoms with Crippen LogP contribution < -0.4 is 0 Å². The van der Waals surface area contributed by atoms with Crippen molar-refractivity contribution in [2.45, 2.75) is 6.54 Å². The SMILES string of the molecule is C=NCc1ccc(-n2c3ccccc3c3ccccc32)c(-c2ccc3c4c5sc6ccccc6c5ccc4n(-c4ccccc4)c3c2)c1. The number of rotatable bonds is 5. The van der Waals surface area contributed by atoms with Crippen LogP contribution in [0, 0.1) is 0 Å². The summed E-state index contributed by atoms with van der Waals surface area (Å²) in [5, 5.41) is 7.71. The molecule has 0 atom stereocenters. The third kappa shape index (κ3) is 3.90. The van der Waals surface area contributed by atoms with Gasteiger partial charge in [0.15, 0.2) is 0 Å². The molecule has 0 N–H and O–H groups in total. The summed E-state index contributed by atoms with van der Waals surface area (Å²) >= 11 is 1.89. The van der Waals surface area contributed by atoms with Crippen molar-refractivity contribution >= 4 is 81.8 Å². The molecule has 3 heterocycles. The zero-order chi connectivity index (χ0) is 31.8. The third-order valence-corrected chi connectivity index (χ3v) is 11.0. The molecule has 3 aromatic heterocycles. The van der Waals surface area contributed by atoms with E-state index in [0.717, 1.165) is 22.5 Å². The summed E-state index contributed by atoms with van der Waals surface area (Å²) < 4.78 is 7.52. The van der Waals surface area contributed by atoms with Gasteiger partial charge < -0.3 is 9.13 Å². The number of hydrogen-bond donors (Lipinski definition) is 0. The fourth-order valence-corrected chi connectivity index (χ4v) is 8.98. The first-order valence-electron chi connectivity index (χ1n) is 16.3. The molecule has 0 amide bonds. The normalized spacial score (nSPS) is 11.9. The minimum atomic E-state index is 0.566. The first-order chi connectivity index (χ1) is 23.8. The minimum Gasteiger partial charge on any atom is -0.309 e. The Labute approximate surface area is 281 Å². The van der Waals surface area contributed by atoms with Gasteiger partial charge in [0.1, 0.15) is 0 Å². The second-order valence-electron chi connectivity index (χ2n) is 12.4. The Kier molecular flexibility index (Phi) is 5.96. The van der Waals surface area contributed by atoms with Gasteiger partial charge >= 0.3 is 0 Å². The number of aliphatic imine (C=N–C) groups is 1. The van der Waals surface area contributed by atoms with E-state index in [1.54, 1.807) is 0 Å². The molecule has 0 unspecified atom stereocenters. The molecule has 0 fully saturated rings. The Balaban J connectivity index is 1.31. The molecule has 0 saturated heterocycles. The molecule has 0 radical (unpaired) electrons. The van der Waals surface area contributed by atoms with Crippen LogP contribution in [0.2, 0.25) is 0 Å². The van der Waals surface area contributed by atoms with E-state index in [1.807, 2.05) is 11.3 Å². The van der Waals surface area contributed by atoms with E-state index in [1.165, 1.54) is 69.3 Å². The Morgan fingerprint density at radius 3 is 1.98 bits per heavy atom. The molecule has 4 heteroatoms. The smallest absolute Gasteiger partial charge is 0.0632 e. The highest BCUT2D eigenvalue weighted by molar-refractivity contribution is 7.26. The Bertz CT molecular complexity index is 2830. The summed E-state index contributed by atoms with van der Waals surface area (Å²) in [5.41, 5.74) is 10.6. The summed E-state index contributed by atoms with van der Waals surface area (Å²) in [6.07, 6.45) is 0. The Morgan fingerprint density at radius 2 is 1.21 bits per heavy atom. The molecule has 0 spiro atoms. The highest BCUT2D eigenvalue weighted by Crippen LogP contribution is 2.45. The molecule has 0 aliphatic rings. The molecule has 7 aromatic carbocycles. The van der Waals surface area contributed by atoms with Gasteiger partial charge in [0.25, 0.3) is 0 Å². The predicted octanol–water partition coefficient (Wildman–Crippen LogP) is 12.1. The number of para-hydroxylation sites is 3. The van der Waals surface area contributed by atoms with Crippen LogP contribution >= 0.6 is 11.3 Å². The highest BCUT2D eigenvalue weighted by Gasteiger charge is 2.20. The number of benzene rings is 7. The molecule has 10 rings (SSSR count). The van der Waals surface area contributed by atoms with Gasteiger partial charge in [0.2, 0.25) is 0 Å². The van der Waals surface area contributed by atoms with Crippen molar-refractivity contribution in [3.8, 4) is 22.5 Å². The molecule has 226 valence electrons. The van der Waals surface area contributed by atoms with Crippen molar-refractivity contribution in [1.82, 2.24) is 9.13 Å². The van der Waals surface area contributed by atoms with E-state index < -0.39 is 0 Å². The molecule has 0 saturated carbocycles. The Morgan fingerprint density at radius 1 is 0.521 bits per heavy atom. The average molecular weight is 632 g/mol. The molecular weight excluding hydrogens is 603 g/mol. The van der Waals surface area contributed by atoms with Crippen molar-refractivity contribution in [3.05, 3.63) is 157 Å². The van der Waals surface area contributed by atoms with E-state index in [0.29, 0.717) is 6.54 Å². The van der Waals surface area contributed by atoms with Gasteiger partial charge in [-0.05, 0) is 72.4 Å². The highest BCUT2D eigenvalue weighted by atomic mass is 32.1. The van der Waals surface area contributed by atoms with Crippen molar-refractivity contribution in [2.75, 3.05) is 0 Å². The summed E-state index contributed by atoms with van der Waals surface area (Å²) in [5.74, 6) is 0. The third-order valence-electron chi connectivity index (χ3n) is 9.78. The maximum Gasteiger partial charge on any atom is 0.0632 e. The van der Waals surface area contributed by atoms with Gasteiger partial charge in [-0.2, -0.15) is 0 Å². The second-order valence-corrected chi connectivity index (χ2v) is 13.5. The van der Waals surface area contributed by atoms with Crippen LogP contribution in [0.4, 0.5) is 0 Å². The quantitative estimate of drug-likeness (QED) is 0.169.